The van der Waals surface area contributed by atoms with Gasteiger partial charge in [0.1, 0.15) is 0 Å². The highest BCUT2D eigenvalue weighted by atomic mass is 15.1. The zero-order valence-corrected chi connectivity index (χ0v) is 82.7. The highest BCUT2D eigenvalue weighted by Gasteiger charge is 2.21. The second-order valence-electron chi connectivity index (χ2n) is 38.1. The Balaban J connectivity index is 0.000000107. The lowest BCUT2D eigenvalue weighted by Crippen LogP contribution is -2.09. The summed E-state index contributed by atoms with van der Waals surface area (Å²) in [7, 11) is 0. The molecule has 143 heavy (non-hydrogen) atoms. The first-order chi connectivity index (χ1) is 70.0. The molecule has 0 saturated heterocycles. The average molecular weight is 1840 g/mol. The molecule has 0 radical (unpaired) electrons. The van der Waals surface area contributed by atoms with Gasteiger partial charge in [0.25, 0.3) is 0 Å². The summed E-state index contributed by atoms with van der Waals surface area (Å²) in [6, 6.07) is 173. The van der Waals surface area contributed by atoms with Gasteiger partial charge in [0.05, 0.1) is 44.5 Å². The Hall–Kier alpha value is -17.6. The molecule has 690 valence electrons. The number of aryl methyl sites for hydroxylation is 10. The zero-order valence-electron chi connectivity index (χ0n) is 82.7. The third kappa shape index (κ3) is 19.7. The Morgan fingerprint density at radius 1 is 0.161 bits per heavy atom. The minimum atomic E-state index is 1.14. The van der Waals surface area contributed by atoms with Gasteiger partial charge in [-0.05, 0) is 314 Å². The van der Waals surface area contributed by atoms with Crippen LogP contribution in [0, 0.1) is 69.2 Å². The summed E-state index contributed by atoms with van der Waals surface area (Å²) in [5.74, 6) is 0. The summed E-state index contributed by atoms with van der Waals surface area (Å²) in [5, 5.41) is 18.1. The number of para-hydroxylation sites is 1. The van der Waals surface area contributed by atoms with E-state index in [0.717, 1.165) is 34.1 Å². The number of benzene rings is 22. The summed E-state index contributed by atoms with van der Waals surface area (Å²) in [6.07, 6.45) is 8.73. The van der Waals surface area contributed by atoms with Crippen LogP contribution >= 0.6 is 0 Å². The van der Waals surface area contributed by atoms with Crippen LogP contribution in [-0.2, 0) is 0 Å². The van der Waals surface area contributed by atoms with Gasteiger partial charge in [0.15, 0.2) is 0 Å². The third-order valence-corrected chi connectivity index (χ3v) is 27.5. The second-order valence-corrected chi connectivity index (χ2v) is 38.1. The van der Waals surface area contributed by atoms with E-state index < -0.39 is 0 Å². The molecule has 0 spiro atoms. The van der Waals surface area contributed by atoms with Gasteiger partial charge in [0, 0.05) is 82.9 Å². The maximum Gasteiger partial charge on any atom is 0.0543 e. The van der Waals surface area contributed by atoms with Gasteiger partial charge < -0.3 is 23.5 Å². The van der Waals surface area contributed by atoms with E-state index in [0.29, 0.717) is 0 Å². The molecule has 3 heterocycles. The van der Waals surface area contributed by atoms with Crippen molar-refractivity contribution in [2.75, 3.05) is 9.80 Å². The first-order valence-corrected chi connectivity index (χ1v) is 49.5. The maximum absolute atomic E-state index is 2.45. The Morgan fingerprint density at radius 2 is 0.427 bits per heavy atom. The van der Waals surface area contributed by atoms with Crippen molar-refractivity contribution in [3.63, 3.8) is 0 Å². The summed E-state index contributed by atoms with van der Waals surface area (Å²) in [4.78, 5) is 4.60. The van der Waals surface area contributed by atoms with E-state index in [4.69, 9.17) is 0 Å². The predicted molar refractivity (Wildman–Crippen MR) is 618 cm³/mol. The van der Waals surface area contributed by atoms with Crippen molar-refractivity contribution >= 4 is 167 Å². The summed E-state index contributed by atoms with van der Waals surface area (Å²) in [5.41, 5.74) is 38.3. The van der Waals surface area contributed by atoms with Crippen LogP contribution in [0.25, 0.3) is 161 Å². The molecule has 0 aliphatic rings. The quantitative estimate of drug-likeness (QED) is 0.0799. The number of aromatic nitrogens is 3. The lowest BCUT2D eigenvalue weighted by Gasteiger charge is -2.25. The fraction of sp³-hybridized carbons (Fsp3) is 0.0725. The van der Waals surface area contributed by atoms with E-state index >= 15 is 0 Å². The van der Waals surface area contributed by atoms with E-state index in [9.17, 15) is 0 Å². The smallest absolute Gasteiger partial charge is 0.0543 e. The first kappa shape index (κ1) is 91.8. The van der Waals surface area contributed by atoms with Gasteiger partial charge >= 0.3 is 0 Å². The molecule has 0 aliphatic heterocycles. The largest absolute Gasteiger partial charge is 0.311 e. The van der Waals surface area contributed by atoms with Crippen molar-refractivity contribution < 1.29 is 0 Å². The summed E-state index contributed by atoms with van der Waals surface area (Å²) < 4.78 is 7.24. The van der Waals surface area contributed by atoms with E-state index in [2.05, 4.69) is 590 Å². The summed E-state index contributed by atoms with van der Waals surface area (Å²) in [6.45, 7) is 21.5. The molecule has 0 saturated carbocycles. The summed E-state index contributed by atoms with van der Waals surface area (Å²) >= 11 is 0. The van der Waals surface area contributed by atoms with Crippen LogP contribution in [0.15, 0.2) is 479 Å². The molecule has 5 nitrogen and oxygen atoms in total. The number of anilines is 6. The monoisotopic (exact) mass is 1840 g/mol. The molecule has 0 fully saturated rings. The highest BCUT2D eigenvalue weighted by molar-refractivity contribution is 6.14. The molecule has 22 aromatic carbocycles. The Morgan fingerprint density at radius 3 is 0.811 bits per heavy atom. The number of nitrogens with zero attached hydrogens (tertiary/aromatic N) is 5. The Labute approximate surface area is 839 Å². The van der Waals surface area contributed by atoms with Gasteiger partial charge in [-0.3, -0.25) is 0 Å². The molecule has 0 unspecified atom stereocenters. The molecule has 25 rings (SSSR count). The molecule has 0 aliphatic carbocycles. The molecule has 0 atom stereocenters. The topological polar surface area (TPSA) is 21.3 Å². The first-order valence-electron chi connectivity index (χ1n) is 49.5. The van der Waals surface area contributed by atoms with Crippen molar-refractivity contribution in [1.82, 2.24) is 13.7 Å². The van der Waals surface area contributed by atoms with E-state index in [1.54, 1.807) is 0 Å². The maximum atomic E-state index is 2.45. The van der Waals surface area contributed by atoms with Crippen LogP contribution in [0.1, 0.15) is 77.9 Å². The van der Waals surface area contributed by atoms with Gasteiger partial charge in [-0.2, -0.15) is 0 Å². The number of hydrogen-bond acceptors (Lipinski definition) is 2. The van der Waals surface area contributed by atoms with Crippen molar-refractivity contribution in [1.29, 1.82) is 0 Å². The molecule has 0 bridgehead atoms. The zero-order chi connectivity index (χ0) is 97.6. The fourth-order valence-electron chi connectivity index (χ4n) is 20.0. The SMILES string of the molecule is Cc1ccc(N(c2ccc(C)cc2)c2ccc(/C=C/c3ccc(-c4ccccc4)cc3)cc2)cc1.Cc1ccc(N(c2ccc(C)cc2)c2ccc(/C=C/c3cccc4ccccc34)cc2)cc1.Cc1ccc2c3ccc(C)cc3n(-c3cccc4cc5ccccc5cc34)c2c1.Cc1ccc2c3ccc(C)cc3n(-c3cccc4ccccc34)c2c1.Cc1ccc2c3ccc(C)cc3n(-c3ccccc3)c2c1. The van der Waals surface area contributed by atoms with Gasteiger partial charge in [-0.15, -0.1) is 0 Å². The number of hydrogen-bond donors (Lipinski definition) is 0. The number of fused-ring (bicyclic) bond motifs is 13. The molecule has 3 aromatic heterocycles. The molecule has 0 N–H and O–H groups in total. The van der Waals surface area contributed by atoms with Crippen molar-refractivity contribution in [3.8, 4) is 28.2 Å². The lowest BCUT2D eigenvalue weighted by atomic mass is 10.0. The average Bonchev–Trinajstić information content (AvgIpc) is 1.58. The standard InChI is InChI=1S/C34H29N.C32H27N.C28H21N.C24H19N.C20H17N/c1-26-8-20-32(21-9-26)35(33-22-10-27(2)11-23-33)34-24-16-29(17-25-34)13-12-28-14-18-31(19-15-28)30-6-4-3-5-7-30;1-24-10-18-29(19-11-24)33(30-20-12-25(2)13-21-30)31-22-15-26(16-23-31)14-17-28-8-5-7-27-6-3-4-9-32(27)28;1-18-10-12-23-24-13-11-19(2)15-28(24)29(27(23)14-18)26-9-5-8-22-16-20-6-3-4-7-21(20)17-25(22)26;1-16-10-12-20-21-13-11-17(2)15-24(21)25(23(20)14-16)22-9-5-7-18-6-3-4-8-19(18)22;1-14-8-10-17-18-11-9-15(2)13-20(18)21(19(17)12-14)16-6-4-3-5-7-16/h3-25H,1-2H3;3-23H,1-2H3;3-17H,1-2H3;3-15H,1-2H3;3-13H,1-2H3/b13-12+;17-14+;;;. The van der Waals surface area contributed by atoms with Crippen molar-refractivity contribution in [2.45, 2.75) is 69.2 Å². The molecule has 25 aromatic rings. The fourth-order valence-corrected chi connectivity index (χ4v) is 20.0. The van der Waals surface area contributed by atoms with E-state index in [-0.39, 0.29) is 0 Å². The minimum absolute atomic E-state index is 1.14. The van der Waals surface area contributed by atoms with E-state index in [1.807, 2.05) is 6.07 Å². The van der Waals surface area contributed by atoms with Crippen LogP contribution in [0.2, 0.25) is 0 Å². The van der Waals surface area contributed by atoms with Crippen molar-refractivity contribution in [3.05, 3.63) is 557 Å². The van der Waals surface area contributed by atoms with Crippen LogP contribution in [-0.4, -0.2) is 13.7 Å². The van der Waals surface area contributed by atoms with Gasteiger partial charge in [0.2, 0.25) is 0 Å². The number of rotatable bonds is 14. The normalized spacial score (nSPS) is 11.4. The van der Waals surface area contributed by atoms with Gasteiger partial charge in [-0.1, -0.05) is 380 Å². The molecule has 0 amide bonds. The molecular formula is C138H113N5. The van der Waals surface area contributed by atoms with E-state index in [1.165, 1.54) is 215 Å². The third-order valence-electron chi connectivity index (χ3n) is 27.5. The van der Waals surface area contributed by atoms with Crippen LogP contribution < -0.4 is 9.80 Å². The van der Waals surface area contributed by atoms with Crippen molar-refractivity contribution in [2.24, 2.45) is 0 Å². The van der Waals surface area contributed by atoms with Gasteiger partial charge in [-0.25, -0.2) is 0 Å². The predicted octanol–water partition coefficient (Wildman–Crippen LogP) is 38.4. The Kier molecular flexibility index (Phi) is 26.2. The lowest BCUT2D eigenvalue weighted by molar-refractivity contribution is 1.17. The second kappa shape index (κ2) is 40.8. The van der Waals surface area contributed by atoms with Crippen LogP contribution in [0.3, 0.4) is 0 Å². The Bertz CT molecular complexity index is 8710. The van der Waals surface area contributed by atoms with Crippen LogP contribution in [0.4, 0.5) is 34.1 Å². The minimum Gasteiger partial charge on any atom is -0.311 e. The van der Waals surface area contributed by atoms with Crippen LogP contribution in [0.5, 0.6) is 0 Å². The molecule has 5 heteroatoms. The highest BCUT2D eigenvalue weighted by Crippen LogP contribution is 2.43. The molecular weight excluding hydrogens is 1730 g/mol.